The SMILES string of the molecule is CC(C)CCC(C)N1CCCC(N)C1=O. The Kier molecular flexibility index (Phi) is 4.58. The molecule has 0 aliphatic carbocycles. The van der Waals surface area contributed by atoms with E-state index in [9.17, 15) is 4.79 Å². The molecule has 15 heavy (non-hydrogen) atoms. The Morgan fingerprint density at radius 3 is 2.67 bits per heavy atom. The van der Waals surface area contributed by atoms with Gasteiger partial charge in [0.25, 0.3) is 0 Å². The molecule has 1 saturated heterocycles. The Morgan fingerprint density at radius 2 is 2.07 bits per heavy atom. The van der Waals surface area contributed by atoms with E-state index in [0.717, 1.165) is 25.8 Å². The van der Waals surface area contributed by atoms with Gasteiger partial charge in [-0.15, -0.1) is 0 Å². The molecule has 2 N–H and O–H groups in total. The minimum atomic E-state index is -0.250. The second-order valence-corrected chi connectivity index (χ2v) is 5.10. The molecule has 0 aromatic carbocycles. The Morgan fingerprint density at radius 1 is 1.40 bits per heavy atom. The average molecular weight is 212 g/mol. The Labute approximate surface area is 93.0 Å². The molecule has 2 unspecified atom stereocenters. The highest BCUT2D eigenvalue weighted by Crippen LogP contribution is 2.17. The molecule has 0 aromatic heterocycles. The summed E-state index contributed by atoms with van der Waals surface area (Å²) in [5.41, 5.74) is 5.77. The number of carbonyl (C=O) groups is 1. The fourth-order valence-electron chi connectivity index (χ4n) is 2.10. The van der Waals surface area contributed by atoms with Crippen molar-refractivity contribution in [3.05, 3.63) is 0 Å². The molecule has 3 nitrogen and oxygen atoms in total. The first kappa shape index (κ1) is 12.5. The van der Waals surface area contributed by atoms with Crippen molar-refractivity contribution in [2.45, 2.75) is 58.5 Å². The summed E-state index contributed by atoms with van der Waals surface area (Å²) in [5.74, 6) is 0.860. The van der Waals surface area contributed by atoms with Gasteiger partial charge in [0.15, 0.2) is 0 Å². The lowest BCUT2D eigenvalue weighted by molar-refractivity contribution is -0.137. The smallest absolute Gasteiger partial charge is 0.239 e. The number of amides is 1. The molecule has 0 saturated carbocycles. The van der Waals surface area contributed by atoms with Crippen molar-refractivity contribution in [1.29, 1.82) is 0 Å². The van der Waals surface area contributed by atoms with Crippen LogP contribution >= 0.6 is 0 Å². The van der Waals surface area contributed by atoms with Crippen LogP contribution in [0.3, 0.4) is 0 Å². The molecule has 1 rings (SSSR count). The van der Waals surface area contributed by atoms with Gasteiger partial charge in [0.05, 0.1) is 6.04 Å². The monoisotopic (exact) mass is 212 g/mol. The van der Waals surface area contributed by atoms with E-state index in [0.29, 0.717) is 12.0 Å². The van der Waals surface area contributed by atoms with Gasteiger partial charge in [-0.2, -0.15) is 0 Å². The molecule has 0 radical (unpaired) electrons. The van der Waals surface area contributed by atoms with Crippen LogP contribution in [0.1, 0.15) is 46.5 Å². The van der Waals surface area contributed by atoms with Gasteiger partial charge in [-0.1, -0.05) is 13.8 Å². The zero-order valence-electron chi connectivity index (χ0n) is 10.2. The fraction of sp³-hybridized carbons (Fsp3) is 0.917. The van der Waals surface area contributed by atoms with Crippen LogP contribution in [0.25, 0.3) is 0 Å². The lowest BCUT2D eigenvalue weighted by Crippen LogP contribution is -2.51. The van der Waals surface area contributed by atoms with Crippen molar-refractivity contribution >= 4 is 5.91 Å². The summed E-state index contributed by atoms with van der Waals surface area (Å²) in [4.78, 5) is 13.8. The Balaban J connectivity index is 2.43. The first-order valence-corrected chi connectivity index (χ1v) is 6.08. The molecule has 0 spiro atoms. The van der Waals surface area contributed by atoms with Crippen LogP contribution in [-0.2, 0) is 4.79 Å². The van der Waals surface area contributed by atoms with Crippen molar-refractivity contribution in [2.24, 2.45) is 11.7 Å². The van der Waals surface area contributed by atoms with Crippen molar-refractivity contribution in [2.75, 3.05) is 6.54 Å². The molecular weight excluding hydrogens is 188 g/mol. The van der Waals surface area contributed by atoms with Gasteiger partial charge in [-0.3, -0.25) is 4.79 Å². The average Bonchev–Trinajstić information content (AvgIpc) is 2.18. The first-order chi connectivity index (χ1) is 7.02. The van der Waals surface area contributed by atoms with E-state index < -0.39 is 0 Å². The van der Waals surface area contributed by atoms with E-state index in [4.69, 9.17) is 5.73 Å². The number of nitrogens with two attached hydrogens (primary N) is 1. The number of rotatable bonds is 4. The summed E-state index contributed by atoms with van der Waals surface area (Å²) in [6.07, 6.45) is 4.18. The van der Waals surface area contributed by atoms with Gasteiger partial charge in [-0.25, -0.2) is 0 Å². The van der Waals surface area contributed by atoms with E-state index in [1.165, 1.54) is 6.42 Å². The maximum atomic E-state index is 11.8. The van der Waals surface area contributed by atoms with Crippen molar-refractivity contribution in [1.82, 2.24) is 4.90 Å². The largest absolute Gasteiger partial charge is 0.339 e. The van der Waals surface area contributed by atoms with E-state index in [-0.39, 0.29) is 11.9 Å². The molecular formula is C12H24N2O. The fourth-order valence-corrected chi connectivity index (χ4v) is 2.10. The number of piperidine rings is 1. The molecule has 1 heterocycles. The number of carbonyl (C=O) groups excluding carboxylic acids is 1. The van der Waals surface area contributed by atoms with E-state index in [1.54, 1.807) is 0 Å². The van der Waals surface area contributed by atoms with Crippen LogP contribution in [0.15, 0.2) is 0 Å². The summed E-state index contributed by atoms with van der Waals surface area (Å²) in [6.45, 7) is 7.47. The van der Waals surface area contributed by atoms with Gasteiger partial charge in [0.1, 0.15) is 0 Å². The van der Waals surface area contributed by atoms with Crippen LogP contribution in [0.5, 0.6) is 0 Å². The maximum Gasteiger partial charge on any atom is 0.239 e. The predicted molar refractivity (Wildman–Crippen MR) is 62.5 cm³/mol. The molecule has 1 aliphatic rings. The van der Waals surface area contributed by atoms with E-state index in [1.807, 2.05) is 4.90 Å². The third-order valence-electron chi connectivity index (χ3n) is 3.21. The minimum absolute atomic E-state index is 0.150. The normalized spacial score (nSPS) is 24.7. The Bertz CT molecular complexity index is 216. The standard InChI is InChI=1S/C12H24N2O/c1-9(2)6-7-10(3)14-8-4-5-11(13)12(14)15/h9-11H,4-8,13H2,1-3H3. The Hall–Kier alpha value is -0.570. The van der Waals surface area contributed by atoms with Gasteiger partial charge in [-0.05, 0) is 38.5 Å². The summed E-state index contributed by atoms with van der Waals surface area (Å²) >= 11 is 0. The molecule has 0 aromatic rings. The highest BCUT2D eigenvalue weighted by atomic mass is 16.2. The van der Waals surface area contributed by atoms with E-state index >= 15 is 0 Å². The number of nitrogens with zero attached hydrogens (tertiary/aromatic N) is 1. The predicted octanol–water partition coefficient (Wildman–Crippen LogP) is 1.76. The van der Waals surface area contributed by atoms with Crippen molar-refractivity contribution < 1.29 is 4.79 Å². The van der Waals surface area contributed by atoms with Crippen molar-refractivity contribution in [3.8, 4) is 0 Å². The quantitative estimate of drug-likeness (QED) is 0.772. The topological polar surface area (TPSA) is 46.3 Å². The third kappa shape index (κ3) is 3.49. The number of hydrogen-bond acceptors (Lipinski definition) is 2. The zero-order chi connectivity index (χ0) is 11.4. The summed E-state index contributed by atoms with van der Waals surface area (Å²) < 4.78 is 0. The second kappa shape index (κ2) is 5.50. The first-order valence-electron chi connectivity index (χ1n) is 6.08. The maximum absolute atomic E-state index is 11.8. The number of hydrogen-bond donors (Lipinski definition) is 1. The van der Waals surface area contributed by atoms with Crippen LogP contribution in [0.4, 0.5) is 0 Å². The highest BCUT2D eigenvalue weighted by molar-refractivity contribution is 5.82. The molecule has 1 amide bonds. The van der Waals surface area contributed by atoms with E-state index in [2.05, 4.69) is 20.8 Å². The van der Waals surface area contributed by atoms with Crippen LogP contribution in [0, 0.1) is 5.92 Å². The second-order valence-electron chi connectivity index (χ2n) is 5.10. The van der Waals surface area contributed by atoms with Gasteiger partial charge in [0.2, 0.25) is 5.91 Å². The van der Waals surface area contributed by atoms with Gasteiger partial charge in [0, 0.05) is 12.6 Å². The summed E-state index contributed by atoms with van der Waals surface area (Å²) in [6, 6.07) is 0.103. The molecule has 88 valence electrons. The molecule has 3 heteroatoms. The van der Waals surface area contributed by atoms with Gasteiger partial charge >= 0.3 is 0 Å². The highest BCUT2D eigenvalue weighted by Gasteiger charge is 2.28. The molecule has 1 fully saturated rings. The summed E-state index contributed by atoms with van der Waals surface area (Å²) in [5, 5.41) is 0. The number of likely N-dealkylation sites (tertiary alicyclic amines) is 1. The third-order valence-corrected chi connectivity index (χ3v) is 3.21. The van der Waals surface area contributed by atoms with Crippen LogP contribution in [0.2, 0.25) is 0 Å². The zero-order valence-corrected chi connectivity index (χ0v) is 10.2. The van der Waals surface area contributed by atoms with Crippen LogP contribution < -0.4 is 5.73 Å². The van der Waals surface area contributed by atoms with Crippen molar-refractivity contribution in [3.63, 3.8) is 0 Å². The molecule has 2 atom stereocenters. The van der Waals surface area contributed by atoms with Gasteiger partial charge < -0.3 is 10.6 Å². The lowest BCUT2D eigenvalue weighted by atomic mass is 9.99. The molecule has 1 aliphatic heterocycles. The lowest BCUT2D eigenvalue weighted by Gasteiger charge is -2.35. The molecule has 0 bridgehead atoms. The minimum Gasteiger partial charge on any atom is -0.339 e. The summed E-state index contributed by atoms with van der Waals surface area (Å²) in [7, 11) is 0. The van der Waals surface area contributed by atoms with Crippen LogP contribution in [-0.4, -0.2) is 29.4 Å².